The number of nitrogens with zero attached hydrogens (tertiary/aromatic N) is 2. The van der Waals surface area contributed by atoms with Crippen LogP contribution in [0, 0.1) is 0 Å². The van der Waals surface area contributed by atoms with Gasteiger partial charge in [0.15, 0.2) is 0 Å². The first-order chi connectivity index (χ1) is 10.5. The van der Waals surface area contributed by atoms with E-state index in [2.05, 4.69) is 10.3 Å². The van der Waals surface area contributed by atoms with Gasteiger partial charge >= 0.3 is 6.18 Å². The van der Waals surface area contributed by atoms with Crippen LogP contribution in [-0.2, 0) is 17.5 Å². The number of benzene rings is 1. The van der Waals surface area contributed by atoms with Crippen molar-refractivity contribution in [2.75, 3.05) is 20.2 Å². The Hall–Kier alpha value is -1.60. The Morgan fingerprint density at radius 3 is 2.68 bits per heavy atom. The van der Waals surface area contributed by atoms with Gasteiger partial charge in [-0.2, -0.15) is 13.2 Å². The Balaban J connectivity index is 2.09. The molecule has 2 aromatic rings. The number of methoxy groups -OCH3 is 1. The molecule has 2 heterocycles. The van der Waals surface area contributed by atoms with Gasteiger partial charge in [-0.3, -0.25) is 0 Å². The molecule has 0 bridgehead atoms. The highest BCUT2D eigenvalue weighted by atomic mass is 19.4. The monoisotopic (exact) mass is 313 g/mol. The lowest BCUT2D eigenvalue weighted by Crippen LogP contribution is -2.30. The summed E-state index contributed by atoms with van der Waals surface area (Å²) in [4.78, 5) is 4.37. The predicted octanol–water partition coefficient (Wildman–Crippen LogP) is 3.13. The molecule has 22 heavy (non-hydrogen) atoms. The molecule has 7 heteroatoms. The van der Waals surface area contributed by atoms with E-state index in [1.165, 1.54) is 6.07 Å². The van der Waals surface area contributed by atoms with Crippen LogP contribution in [0.15, 0.2) is 18.2 Å². The molecule has 0 spiro atoms. The SMILES string of the molecule is COCc1nc2cc(C(F)(F)F)ccc2n1C1CCNCC1. The van der Waals surface area contributed by atoms with Crippen molar-refractivity contribution in [3.8, 4) is 0 Å². The number of hydrogen-bond donors (Lipinski definition) is 1. The van der Waals surface area contributed by atoms with Crippen LogP contribution in [0.3, 0.4) is 0 Å². The molecule has 1 aromatic heterocycles. The molecule has 1 aromatic carbocycles. The second-order valence-corrected chi connectivity index (χ2v) is 5.51. The molecule has 1 aliphatic heterocycles. The molecule has 4 nitrogen and oxygen atoms in total. The summed E-state index contributed by atoms with van der Waals surface area (Å²) in [6, 6.07) is 4.00. The lowest BCUT2D eigenvalue weighted by atomic mass is 10.1. The fourth-order valence-electron chi connectivity index (χ4n) is 3.03. The second kappa shape index (κ2) is 5.89. The molecular weight excluding hydrogens is 295 g/mol. The van der Waals surface area contributed by atoms with Gasteiger partial charge in [0.1, 0.15) is 12.4 Å². The van der Waals surface area contributed by atoms with E-state index in [0.717, 1.165) is 43.6 Å². The zero-order chi connectivity index (χ0) is 15.7. The Bertz CT molecular complexity index is 660. The predicted molar refractivity (Wildman–Crippen MR) is 76.6 cm³/mol. The van der Waals surface area contributed by atoms with E-state index in [4.69, 9.17) is 4.74 Å². The summed E-state index contributed by atoms with van der Waals surface area (Å²) in [6.07, 6.45) is -2.49. The molecule has 1 aliphatic rings. The maximum atomic E-state index is 12.9. The summed E-state index contributed by atoms with van der Waals surface area (Å²) in [5.41, 5.74) is 0.450. The maximum absolute atomic E-state index is 12.9. The van der Waals surface area contributed by atoms with Gasteiger partial charge in [-0.15, -0.1) is 0 Å². The van der Waals surface area contributed by atoms with Crippen LogP contribution in [-0.4, -0.2) is 29.8 Å². The van der Waals surface area contributed by atoms with Crippen LogP contribution in [0.2, 0.25) is 0 Å². The third-order valence-corrected chi connectivity index (χ3v) is 4.04. The van der Waals surface area contributed by atoms with Crippen LogP contribution >= 0.6 is 0 Å². The molecule has 3 rings (SSSR count). The Labute approximate surface area is 126 Å². The van der Waals surface area contributed by atoms with Crippen molar-refractivity contribution >= 4 is 11.0 Å². The highest BCUT2D eigenvalue weighted by Crippen LogP contribution is 2.33. The highest BCUT2D eigenvalue weighted by Gasteiger charge is 2.31. The van der Waals surface area contributed by atoms with E-state index < -0.39 is 11.7 Å². The van der Waals surface area contributed by atoms with E-state index in [9.17, 15) is 13.2 Å². The number of fused-ring (bicyclic) bond motifs is 1. The Kier molecular flexibility index (Phi) is 4.10. The number of alkyl halides is 3. The van der Waals surface area contributed by atoms with Crippen LogP contribution < -0.4 is 5.32 Å². The molecule has 120 valence electrons. The van der Waals surface area contributed by atoms with Crippen molar-refractivity contribution in [3.05, 3.63) is 29.6 Å². The van der Waals surface area contributed by atoms with Gasteiger partial charge < -0.3 is 14.6 Å². The highest BCUT2D eigenvalue weighted by molar-refractivity contribution is 5.77. The summed E-state index contributed by atoms with van der Waals surface area (Å²) in [6.45, 7) is 2.09. The zero-order valence-corrected chi connectivity index (χ0v) is 12.3. The minimum Gasteiger partial charge on any atom is -0.377 e. The van der Waals surface area contributed by atoms with Crippen LogP contribution in [0.1, 0.15) is 30.3 Å². The number of halogens is 3. The Morgan fingerprint density at radius 1 is 1.32 bits per heavy atom. The lowest BCUT2D eigenvalue weighted by molar-refractivity contribution is -0.137. The van der Waals surface area contributed by atoms with E-state index in [0.29, 0.717) is 17.9 Å². The molecule has 1 fully saturated rings. The molecule has 0 radical (unpaired) electrons. The first-order valence-electron chi connectivity index (χ1n) is 7.28. The molecule has 1 N–H and O–H groups in total. The summed E-state index contributed by atoms with van der Waals surface area (Å²) in [7, 11) is 1.56. The average molecular weight is 313 g/mol. The number of aromatic nitrogens is 2. The molecule has 0 atom stereocenters. The minimum atomic E-state index is -4.35. The van der Waals surface area contributed by atoms with Crippen LogP contribution in [0.5, 0.6) is 0 Å². The quantitative estimate of drug-likeness (QED) is 0.946. The van der Waals surface area contributed by atoms with Gasteiger partial charge in [-0.1, -0.05) is 0 Å². The van der Waals surface area contributed by atoms with Gasteiger partial charge in [0.25, 0.3) is 0 Å². The van der Waals surface area contributed by atoms with Gasteiger partial charge in [0.05, 0.1) is 16.6 Å². The van der Waals surface area contributed by atoms with Gasteiger partial charge in [0, 0.05) is 13.2 Å². The summed E-state index contributed by atoms with van der Waals surface area (Å²) in [5.74, 6) is 0.684. The van der Waals surface area contributed by atoms with Gasteiger partial charge in [-0.25, -0.2) is 4.98 Å². The number of ether oxygens (including phenoxy) is 1. The topological polar surface area (TPSA) is 39.1 Å². The molecule has 0 aliphatic carbocycles. The maximum Gasteiger partial charge on any atom is 0.416 e. The van der Waals surface area contributed by atoms with Crippen molar-refractivity contribution in [2.45, 2.75) is 31.7 Å². The molecule has 0 amide bonds. The van der Waals surface area contributed by atoms with Crippen molar-refractivity contribution in [1.82, 2.24) is 14.9 Å². The smallest absolute Gasteiger partial charge is 0.377 e. The second-order valence-electron chi connectivity index (χ2n) is 5.51. The summed E-state index contributed by atoms with van der Waals surface area (Å²) in [5, 5.41) is 3.29. The number of imidazole rings is 1. The third-order valence-electron chi connectivity index (χ3n) is 4.04. The number of piperidine rings is 1. The van der Waals surface area contributed by atoms with E-state index >= 15 is 0 Å². The van der Waals surface area contributed by atoms with E-state index in [-0.39, 0.29) is 6.04 Å². The lowest BCUT2D eigenvalue weighted by Gasteiger charge is -2.26. The van der Waals surface area contributed by atoms with Crippen molar-refractivity contribution < 1.29 is 17.9 Å². The Morgan fingerprint density at radius 2 is 2.05 bits per heavy atom. The third kappa shape index (κ3) is 2.83. The van der Waals surface area contributed by atoms with Gasteiger partial charge in [-0.05, 0) is 44.1 Å². The first kappa shape index (κ1) is 15.3. The molecular formula is C15H18F3N3O. The summed E-state index contributed by atoms with van der Waals surface area (Å²) < 4.78 is 45.8. The average Bonchev–Trinajstić information content (AvgIpc) is 2.84. The van der Waals surface area contributed by atoms with Crippen LogP contribution in [0.4, 0.5) is 13.2 Å². The van der Waals surface area contributed by atoms with Crippen LogP contribution in [0.25, 0.3) is 11.0 Å². The first-order valence-corrected chi connectivity index (χ1v) is 7.28. The fraction of sp³-hybridized carbons (Fsp3) is 0.533. The normalized spacial score (nSPS) is 17.3. The number of nitrogens with one attached hydrogen (secondary N) is 1. The largest absolute Gasteiger partial charge is 0.416 e. The zero-order valence-electron chi connectivity index (χ0n) is 12.3. The molecule has 0 unspecified atom stereocenters. The molecule has 1 saturated heterocycles. The minimum absolute atomic E-state index is 0.244. The fourth-order valence-corrected chi connectivity index (χ4v) is 3.03. The summed E-state index contributed by atoms with van der Waals surface area (Å²) >= 11 is 0. The number of hydrogen-bond acceptors (Lipinski definition) is 3. The van der Waals surface area contributed by atoms with E-state index in [1.807, 2.05) is 4.57 Å². The van der Waals surface area contributed by atoms with E-state index in [1.54, 1.807) is 7.11 Å². The standard InChI is InChI=1S/C15H18F3N3O/c1-22-9-14-20-12-8-10(15(16,17)18)2-3-13(12)21(14)11-4-6-19-7-5-11/h2-3,8,11,19H,4-7,9H2,1H3. The van der Waals surface area contributed by atoms with Gasteiger partial charge in [0.2, 0.25) is 0 Å². The number of rotatable bonds is 3. The van der Waals surface area contributed by atoms with Crippen molar-refractivity contribution in [3.63, 3.8) is 0 Å². The molecule has 0 saturated carbocycles. The van der Waals surface area contributed by atoms with Crippen molar-refractivity contribution in [1.29, 1.82) is 0 Å². The van der Waals surface area contributed by atoms with Crippen molar-refractivity contribution in [2.24, 2.45) is 0 Å².